The minimum Gasteiger partial charge on any atom is -0.357 e. The standard InChI is InChI=1S/C15H22N4S/c1-4-11-9-12-13(19-8-6-5-7-10(19)2)17-15(16-3)18-14(12)20-11/h9-10H,4-8H2,1-3H3,(H,16,17,18). The Morgan fingerprint density at radius 3 is 2.95 bits per heavy atom. The first-order chi connectivity index (χ1) is 9.72. The maximum atomic E-state index is 4.75. The lowest BCUT2D eigenvalue weighted by Gasteiger charge is -2.34. The first-order valence-electron chi connectivity index (χ1n) is 7.47. The molecule has 1 atom stereocenters. The van der Waals surface area contributed by atoms with Gasteiger partial charge in [0.25, 0.3) is 0 Å². The zero-order chi connectivity index (χ0) is 14.1. The summed E-state index contributed by atoms with van der Waals surface area (Å²) in [6.45, 7) is 5.60. The Morgan fingerprint density at radius 2 is 2.25 bits per heavy atom. The molecule has 0 radical (unpaired) electrons. The lowest BCUT2D eigenvalue weighted by atomic mass is 10.0. The predicted octanol–water partition coefficient (Wildman–Crippen LogP) is 3.67. The summed E-state index contributed by atoms with van der Waals surface area (Å²) in [6.07, 6.45) is 4.90. The third-order valence-corrected chi connectivity index (χ3v) is 5.24. The zero-order valence-electron chi connectivity index (χ0n) is 12.4. The number of hydrogen-bond acceptors (Lipinski definition) is 5. The Labute approximate surface area is 124 Å². The molecule has 1 unspecified atom stereocenters. The van der Waals surface area contributed by atoms with Crippen molar-refractivity contribution in [1.29, 1.82) is 0 Å². The molecule has 0 spiro atoms. The molecule has 0 bridgehead atoms. The van der Waals surface area contributed by atoms with Crippen molar-refractivity contribution in [2.24, 2.45) is 0 Å². The summed E-state index contributed by atoms with van der Waals surface area (Å²) in [5, 5.41) is 4.32. The van der Waals surface area contributed by atoms with E-state index >= 15 is 0 Å². The van der Waals surface area contributed by atoms with E-state index in [1.54, 1.807) is 11.3 Å². The smallest absolute Gasteiger partial charge is 0.225 e. The normalized spacial score (nSPS) is 19.6. The van der Waals surface area contributed by atoms with Crippen molar-refractivity contribution in [3.63, 3.8) is 0 Å². The van der Waals surface area contributed by atoms with Gasteiger partial charge in [-0.15, -0.1) is 11.3 Å². The predicted molar refractivity (Wildman–Crippen MR) is 87.0 cm³/mol. The zero-order valence-corrected chi connectivity index (χ0v) is 13.3. The molecule has 2 aromatic rings. The fraction of sp³-hybridized carbons (Fsp3) is 0.600. The van der Waals surface area contributed by atoms with Gasteiger partial charge in [0.2, 0.25) is 5.95 Å². The summed E-state index contributed by atoms with van der Waals surface area (Å²) in [5.74, 6) is 1.84. The minimum absolute atomic E-state index is 0.566. The molecule has 3 rings (SSSR count). The van der Waals surface area contributed by atoms with Gasteiger partial charge in [0.15, 0.2) is 0 Å². The highest BCUT2D eigenvalue weighted by molar-refractivity contribution is 7.18. The molecule has 0 saturated carbocycles. The van der Waals surface area contributed by atoms with Crippen molar-refractivity contribution in [3.05, 3.63) is 10.9 Å². The van der Waals surface area contributed by atoms with Crippen LogP contribution in [0.3, 0.4) is 0 Å². The Kier molecular flexibility index (Phi) is 3.78. The molecule has 4 nitrogen and oxygen atoms in total. The van der Waals surface area contributed by atoms with Gasteiger partial charge >= 0.3 is 0 Å². The molecule has 1 aliphatic heterocycles. The fourth-order valence-electron chi connectivity index (χ4n) is 2.87. The van der Waals surface area contributed by atoms with Crippen molar-refractivity contribution in [2.75, 3.05) is 23.8 Å². The van der Waals surface area contributed by atoms with Crippen LogP contribution in [-0.4, -0.2) is 29.6 Å². The number of piperidine rings is 1. The maximum Gasteiger partial charge on any atom is 0.225 e. The molecule has 2 aromatic heterocycles. The van der Waals surface area contributed by atoms with E-state index in [0.717, 1.165) is 29.6 Å². The average molecular weight is 290 g/mol. The van der Waals surface area contributed by atoms with Crippen molar-refractivity contribution in [2.45, 2.75) is 45.6 Å². The topological polar surface area (TPSA) is 41.1 Å². The van der Waals surface area contributed by atoms with Crippen LogP contribution < -0.4 is 10.2 Å². The third kappa shape index (κ3) is 2.35. The molecular formula is C15H22N4S. The number of aromatic nitrogens is 2. The summed E-state index contributed by atoms with van der Waals surface area (Å²) >= 11 is 1.79. The highest BCUT2D eigenvalue weighted by Gasteiger charge is 2.23. The van der Waals surface area contributed by atoms with Gasteiger partial charge in [0, 0.05) is 24.5 Å². The fourth-order valence-corrected chi connectivity index (χ4v) is 3.84. The summed E-state index contributed by atoms with van der Waals surface area (Å²) < 4.78 is 0. The van der Waals surface area contributed by atoms with E-state index in [1.165, 1.54) is 29.5 Å². The largest absolute Gasteiger partial charge is 0.357 e. The first kappa shape index (κ1) is 13.6. The summed E-state index contributed by atoms with van der Waals surface area (Å²) in [6, 6.07) is 2.84. The van der Waals surface area contributed by atoms with Crippen LogP contribution in [0.4, 0.5) is 11.8 Å². The van der Waals surface area contributed by atoms with Crippen LogP contribution >= 0.6 is 11.3 Å². The molecule has 1 aliphatic rings. The molecular weight excluding hydrogens is 268 g/mol. The monoisotopic (exact) mass is 290 g/mol. The van der Waals surface area contributed by atoms with Crippen LogP contribution in [0.2, 0.25) is 0 Å². The second kappa shape index (κ2) is 5.56. The number of nitrogens with one attached hydrogen (secondary N) is 1. The number of hydrogen-bond donors (Lipinski definition) is 1. The summed E-state index contributed by atoms with van der Waals surface area (Å²) in [5.41, 5.74) is 0. The number of fused-ring (bicyclic) bond motifs is 1. The van der Waals surface area contributed by atoms with Gasteiger partial charge in [-0.2, -0.15) is 4.98 Å². The van der Waals surface area contributed by atoms with Crippen molar-refractivity contribution in [1.82, 2.24) is 9.97 Å². The van der Waals surface area contributed by atoms with Gasteiger partial charge in [0.1, 0.15) is 10.6 Å². The third-order valence-electron chi connectivity index (χ3n) is 4.07. The van der Waals surface area contributed by atoms with Crippen LogP contribution in [0.15, 0.2) is 6.07 Å². The second-order valence-corrected chi connectivity index (χ2v) is 6.56. The minimum atomic E-state index is 0.566. The number of thiophene rings is 1. The average Bonchev–Trinajstić information content (AvgIpc) is 2.90. The van der Waals surface area contributed by atoms with Gasteiger partial charge in [-0.25, -0.2) is 4.98 Å². The Balaban J connectivity index is 2.13. The first-order valence-corrected chi connectivity index (χ1v) is 8.29. The van der Waals surface area contributed by atoms with Crippen molar-refractivity contribution >= 4 is 33.3 Å². The van der Waals surface area contributed by atoms with Crippen LogP contribution in [-0.2, 0) is 6.42 Å². The van der Waals surface area contributed by atoms with E-state index in [2.05, 4.69) is 35.1 Å². The maximum absolute atomic E-state index is 4.75. The Bertz CT molecular complexity index is 607. The van der Waals surface area contributed by atoms with Gasteiger partial charge in [-0.05, 0) is 38.7 Å². The van der Waals surface area contributed by atoms with E-state index in [4.69, 9.17) is 4.98 Å². The van der Waals surface area contributed by atoms with Crippen molar-refractivity contribution < 1.29 is 0 Å². The van der Waals surface area contributed by atoms with E-state index in [0.29, 0.717) is 6.04 Å². The van der Waals surface area contributed by atoms with Gasteiger partial charge in [-0.3, -0.25) is 0 Å². The summed E-state index contributed by atoms with van der Waals surface area (Å²) in [7, 11) is 1.89. The number of aryl methyl sites for hydroxylation is 1. The second-order valence-electron chi connectivity index (χ2n) is 5.44. The van der Waals surface area contributed by atoms with Gasteiger partial charge in [-0.1, -0.05) is 6.92 Å². The molecule has 3 heterocycles. The van der Waals surface area contributed by atoms with Crippen LogP contribution in [0, 0.1) is 0 Å². The molecule has 5 heteroatoms. The van der Waals surface area contributed by atoms with E-state index in [1.807, 2.05) is 7.05 Å². The van der Waals surface area contributed by atoms with E-state index in [-0.39, 0.29) is 0 Å². The highest BCUT2D eigenvalue weighted by atomic mass is 32.1. The quantitative estimate of drug-likeness (QED) is 0.936. The molecule has 1 fully saturated rings. The van der Waals surface area contributed by atoms with E-state index in [9.17, 15) is 0 Å². The number of nitrogens with zero attached hydrogens (tertiary/aromatic N) is 3. The van der Waals surface area contributed by atoms with Crippen LogP contribution in [0.1, 0.15) is 38.0 Å². The molecule has 1 N–H and O–H groups in total. The highest BCUT2D eigenvalue weighted by Crippen LogP contribution is 2.34. The van der Waals surface area contributed by atoms with Crippen molar-refractivity contribution in [3.8, 4) is 0 Å². The molecule has 1 saturated heterocycles. The van der Waals surface area contributed by atoms with Crippen LogP contribution in [0.5, 0.6) is 0 Å². The number of rotatable bonds is 3. The van der Waals surface area contributed by atoms with Gasteiger partial charge < -0.3 is 10.2 Å². The lowest BCUT2D eigenvalue weighted by molar-refractivity contribution is 0.482. The Hall–Kier alpha value is -1.36. The molecule has 0 aromatic carbocycles. The SMILES string of the molecule is CCc1cc2c(N3CCCCC3C)nc(NC)nc2s1. The van der Waals surface area contributed by atoms with Crippen LogP contribution in [0.25, 0.3) is 10.2 Å². The van der Waals surface area contributed by atoms with Gasteiger partial charge in [0.05, 0.1) is 5.39 Å². The molecule has 0 amide bonds. The Morgan fingerprint density at radius 1 is 1.40 bits per heavy atom. The summed E-state index contributed by atoms with van der Waals surface area (Å²) in [4.78, 5) is 14.3. The lowest BCUT2D eigenvalue weighted by Crippen LogP contribution is -2.38. The van der Waals surface area contributed by atoms with E-state index < -0.39 is 0 Å². The molecule has 20 heavy (non-hydrogen) atoms. The molecule has 0 aliphatic carbocycles. The number of anilines is 2. The molecule has 108 valence electrons.